The van der Waals surface area contributed by atoms with E-state index in [0.29, 0.717) is 23.8 Å². The number of amides is 1. The molecule has 1 amide bonds. The monoisotopic (exact) mass is 331 g/mol. The number of rotatable bonds is 3. The van der Waals surface area contributed by atoms with Gasteiger partial charge >= 0.3 is 0 Å². The van der Waals surface area contributed by atoms with E-state index in [4.69, 9.17) is 11.6 Å². The number of pyridine rings is 1. The molecule has 23 heavy (non-hydrogen) atoms. The lowest BCUT2D eigenvalue weighted by molar-refractivity contribution is 0.0628. The van der Waals surface area contributed by atoms with Gasteiger partial charge in [0.15, 0.2) is 0 Å². The predicted molar refractivity (Wildman–Crippen MR) is 88.5 cm³/mol. The normalized spacial score (nSPS) is 15.6. The number of nitrogens with zero attached hydrogens (tertiary/aromatic N) is 3. The van der Waals surface area contributed by atoms with E-state index in [-0.39, 0.29) is 11.7 Å². The Hall–Kier alpha value is -2.11. The van der Waals surface area contributed by atoms with Gasteiger partial charge in [-0.2, -0.15) is 0 Å². The van der Waals surface area contributed by atoms with E-state index < -0.39 is 0 Å². The molecular formula is C17H18ClN3O2. The average Bonchev–Trinajstić information content (AvgIpc) is 2.55. The molecule has 1 N–H and O–H groups in total. The maximum absolute atomic E-state index is 12.4. The van der Waals surface area contributed by atoms with E-state index in [0.717, 1.165) is 25.2 Å². The van der Waals surface area contributed by atoms with Crippen LogP contribution in [0.15, 0.2) is 42.6 Å². The fourth-order valence-electron chi connectivity index (χ4n) is 2.73. The number of phenols is 1. The molecule has 0 spiro atoms. The molecule has 1 aromatic carbocycles. The van der Waals surface area contributed by atoms with E-state index in [2.05, 4.69) is 9.88 Å². The molecule has 0 bridgehead atoms. The van der Waals surface area contributed by atoms with Crippen LogP contribution in [0.2, 0.25) is 5.15 Å². The molecule has 1 saturated heterocycles. The molecule has 3 rings (SSSR count). The summed E-state index contributed by atoms with van der Waals surface area (Å²) < 4.78 is 0. The fourth-order valence-corrected chi connectivity index (χ4v) is 2.93. The Morgan fingerprint density at radius 2 is 1.96 bits per heavy atom. The number of carbonyl (C=O) groups excluding carboxylic acids is 1. The van der Waals surface area contributed by atoms with Crippen molar-refractivity contribution in [2.45, 2.75) is 6.54 Å². The summed E-state index contributed by atoms with van der Waals surface area (Å²) in [4.78, 5) is 20.5. The Morgan fingerprint density at radius 3 is 2.65 bits per heavy atom. The number of hydrogen-bond donors (Lipinski definition) is 1. The van der Waals surface area contributed by atoms with Crippen LogP contribution in [0.25, 0.3) is 0 Å². The molecule has 6 heteroatoms. The van der Waals surface area contributed by atoms with Gasteiger partial charge in [0.05, 0.1) is 0 Å². The van der Waals surface area contributed by atoms with Gasteiger partial charge in [-0.05, 0) is 35.9 Å². The van der Waals surface area contributed by atoms with Crippen molar-refractivity contribution in [3.05, 3.63) is 58.9 Å². The summed E-state index contributed by atoms with van der Waals surface area (Å²) in [5.74, 6) is 0.0801. The van der Waals surface area contributed by atoms with Gasteiger partial charge in [-0.15, -0.1) is 0 Å². The van der Waals surface area contributed by atoms with Crippen LogP contribution in [0.3, 0.4) is 0 Å². The lowest BCUT2D eigenvalue weighted by Crippen LogP contribution is -2.48. The second-order valence-corrected chi connectivity index (χ2v) is 5.99. The zero-order valence-electron chi connectivity index (χ0n) is 12.7. The molecule has 0 saturated carbocycles. The summed E-state index contributed by atoms with van der Waals surface area (Å²) in [5, 5.41) is 9.99. The SMILES string of the molecule is O=C(c1cccc(O)c1)N1CCN(Cc2ccnc(Cl)c2)CC1. The molecule has 5 nitrogen and oxygen atoms in total. The van der Waals surface area contributed by atoms with Gasteiger partial charge in [0.1, 0.15) is 10.9 Å². The first kappa shape index (κ1) is 15.8. The quantitative estimate of drug-likeness (QED) is 0.877. The highest BCUT2D eigenvalue weighted by Gasteiger charge is 2.22. The minimum Gasteiger partial charge on any atom is -0.508 e. The third kappa shape index (κ3) is 4.00. The van der Waals surface area contributed by atoms with Crippen molar-refractivity contribution >= 4 is 17.5 Å². The van der Waals surface area contributed by atoms with Gasteiger partial charge in [-0.25, -0.2) is 4.98 Å². The topological polar surface area (TPSA) is 56.7 Å². The largest absolute Gasteiger partial charge is 0.508 e. The van der Waals surface area contributed by atoms with Gasteiger partial charge in [-0.1, -0.05) is 17.7 Å². The second kappa shape index (κ2) is 6.98. The van der Waals surface area contributed by atoms with Crippen LogP contribution < -0.4 is 0 Å². The lowest BCUT2D eigenvalue weighted by Gasteiger charge is -2.34. The van der Waals surface area contributed by atoms with Crippen LogP contribution in [-0.4, -0.2) is 52.0 Å². The highest BCUT2D eigenvalue weighted by molar-refractivity contribution is 6.29. The van der Waals surface area contributed by atoms with Crippen LogP contribution in [0.1, 0.15) is 15.9 Å². The van der Waals surface area contributed by atoms with Crippen molar-refractivity contribution in [1.82, 2.24) is 14.8 Å². The summed E-state index contributed by atoms with van der Waals surface area (Å²) in [5.41, 5.74) is 1.65. The first-order valence-electron chi connectivity index (χ1n) is 7.53. The highest BCUT2D eigenvalue weighted by Crippen LogP contribution is 2.16. The molecule has 0 radical (unpaired) electrons. The predicted octanol–water partition coefficient (Wildman–Crippen LogP) is 2.40. The summed E-state index contributed by atoms with van der Waals surface area (Å²) in [6.45, 7) is 3.77. The van der Waals surface area contributed by atoms with Gasteiger partial charge < -0.3 is 10.0 Å². The minimum atomic E-state index is -0.0347. The average molecular weight is 332 g/mol. The third-order valence-electron chi connectivity index (χ3n) is 3.95. The maximum Gasteiger partial charge on any atom is 0.254 e. The van der Waals surface area contributed by atoms with Crippen molar-refractivity contribution in [3.63, 3.8) is 0 Å². The van der Waals surface area contributed by atoms with Crippen LogP contribution in [0, 0.1) is 0 Å². The Morgan fingerprint density at radius 1 is 1.17 bits per heavy atom. The van der Waals surface area contributed by atoms with Crippen molar-refractivity contribution in [2.24, 2.45) is 0 Å². The molecular weight excluding hydrogens is 314 g/mol. The number of aromatic nitrogens is 1. The van der Waals surface area contributed by atoms with Crippen LogP contribution in [0.5, 0.6) is 5.75 Å². The zero-order chi connectivity index (χ0) is 16.2. The van der Waals surface area contributed by atoms with Crippen molar-refractivity contribution in [1.29, 1.82) is 0 Å². The zero-order valence-corrected chi connectivity index (χ0v) is 13.4. The van der Waals surface area contributed by atoms with E-state index >= 15 is 0 Å². The number of benzene rings is 1. The lowest BCUT2D eigenvalue weighted by atomic mass is 10.1. The number of phenolic OH excluding ortho intramolecular Hbond substituents is 1. The first-order chi connectivity index (χ1) is 11.1. The molecule has 1 aliphatic rings. The van der Waals surface area contributed by atoms with Gasteiger partial charge in [0.2, 0.25) is 0 Å². The second-order valence-electron chi connectivity index (χ2n) is 5.61. The highest BCUT2D eigenvalue weighted by atomic mass is 35.5. The number of carbonyl (C=O) groups is 1. The number of halogens is 1. The first-order valence-corrected chi connectivity index (χ1v) is 7.91. The van der Waals surface area contributed by atoms with E-state index in [1.54, 1.807) is 24.4 Å². The smallest absolute Gasteiger partial charge is 0.254 e. The molecule has 1 aromatic heterocycles. The van der Waals surface area contributed by atoms with E-state index in [1.165, 1.54) is 6.07 Å². The Kier molecular flexibility index (Phi) is 4.79. The van der Waals surface area contributed by atoms with Crippen molar-refractivity contribution in [2.75, 3.05) is 26.2 Å². The standard InChI is InChI=1S/C17H18ClN3O2/c18-16-10-13(4-5-19-16)12-20-6-8-21(9-7-20)17(23)14-2-1-3-15(22)11-14/h1-5,10-11,22H,6-9,12H2. The molecule has 1 fully saturated rings. The van der Waals surface area contributed by atoms with E-state index in [1.807, 2.05) is 17.0 Å². The Labute approximate surface area is 140 Å². The molecule has 0 atom stereocenters. The molecule has 120 valence electrons. The van der Waals surface area contributed by atoms with Crippen LogP contribution >= 0.6 is 11.6 Å². The number of piperazine rings is 1. The third-order valence-corrected chi connectivity index (χ3v) is 4.16. The molecule has 2 aromatic rings. The van der Waals surface area contributed by atoms with Gasteiger partial charge in [0, 0.05) is 44.5 Å². The van der Waals surface area contributed by atoms with E-state index in [9.17, 15) is 9.90 Å². The molecule has 2 heterocycles. The van der Waals surface area contributed by atoms with Crippen molar-refractivity contribution < 1.29 is 9.90 Å². The number of aromatic hydroxyl groups is 1. The fraction of sp³-hybridized carbons (Fsp3) is 0.294. The molecule has 0 unspecified atom stereocenters. The summed E-state index contributed by atoms with van der Waals surface area (Å²) in [7, 11) is 0. The van der Waals surface area contributed by atoms with Crippen LogP contribution in [0.4, 0.5) is 0 Å². The Bertz CT molecular complexity index is 700. The maximum atomic E-state index is 12.4. The number of hydrogen-bond acceptors (Lipinski definition) is 4. The molecule has 1 aliphatic heterocycles. The van der Waals surface area contributed by atoms with Crippen molar-refractivity contribution in [3.8, 4) is 5.75 Å². The Balaban J connectivity index is 1.57. The van der Waals surface area contributed by atoms with Gasteiger partial charge in [-0.3, -0.25) is 9.69 Å². The summed E-state index contributed by atoms with van der Waals surface area (Å²) >= 11 is 5.90. The summed E-state index contributed by atoms with van der Waals surface area (Å²) in [6.07, 6.45) is 1.71. The minimum absolute atomic E-state index is 0.0347. The summed E-state index contributed by atoms with van der Waals surface area (Å²) in [6, 6.07) is 10.3. The van der Waals surface area contributed by atoms with Crippen LogP contribution in [-0.2, 0) is 6.54 Å². The van der Waals surface area contributed by atoms with Gasteiger partial charge in [0.25, 0.3) is 5.91 Å². The molecule has 0 aliphatic carbocycles.